The molecule has 252 valence electrons. The van der Waals surface area contributed by atoms with Gasteiger partial charge in [-0.15, -0.1) is 0 Å². The maximum atomic E-state index is 13.2. The van der Waals surface area contributed by atoms with Crippen LogP contribution in [0.4, 0.5) is 0 Å². The summed E-state index contributed by atoms with van der Waals surface area (Å²) in [7, 11) is -2.67. The average Bonchev–Trinajstić information content (AvgIpc) is 3.83. The zero-order chi connectivity index (χ0) is 35.5. The summed E-state index contributed by atoms with van der Waals surface area (Å²) < 4.78 is 2.41. The molecule has 3 nitrogen and oxygen atoms in total. The molecule has 2 aromatic heterocycles. The molecule has 53 heavy (non-hydrogen) atoms. The molecule has 0 amide bonds. The Bertz CT molecular complexity index is 2470. The van der Waals surface area contributed by atoms with E-state index < -0.39 is 8.07 Å². The molecule has 0 aliphatic rings. The van der Waals surface area contributed by atoms with E-state index >= 15 is 0 Å². The fourth-order valence-electron chi connectivity index (χ4n) is 6.90. The van der Waals surface area contributed by atoms with Gasteiger partial charge in [-0.05, 0) is 51.9 Å². The van der Waals surface area contributed by atoms with Gasteiger partial charge in [0.25, 0.3) is 10.0 Å². The van der Waals surface area contributed by atoms with Gasteiger partial charge >= 0.3 is 10.1 Å². The second-order valence-corrected chi connectivity index (χ2v) is 19.0. The van der Waals surface area contributed by atoms with Gasteiger partial charge in [0.1, 0.15) is 9.40 Å². The van der Waals surface area contributed by atoms with E-state index in [1.165, 1.54) is 36.5 Å². The van der Waals surface area contributed by atoms with E-state index in [2.05, 4.69) is 162 Å². The van der Waals surface area contributed by atoms with Crippen molar-refractivity contribution in [3.05, 3.63) is 181 Å². The van der Waals surface area contributed by atoms with Gasteiger partial charge in [0.15, 0.2) is 8.07 Å². The number of benzene rings is 7. The van der Waals surface area contributed by atoms with Crippen LogP contribution >= 0.6 is 22.7 Å². The van der Waals surface area contributed by atoms with Crippen molar-refractivity contribution in [3.8, 4) is 26.9 Å². The Morgan fingerprint density at radius 2 is 0.943 bits per heavy atom. The SMILES string of the molecule is Cc1ccc([S-])c(-c2[nH+]c3ccccc3s2)c1.[Be+2].[O-]c1ccc([Si](c2ccccc2)(c2ccccc2)c2ccccc2)cc1-c1[nH+]c2ccccc2s1. The normalized spacial score (nSPS) is 11.1. The van der Waals surface area contributed by atoms with E-state index in [-0.39, 0.29) is 15.9 Å². The van der Waals surface area contributed by atoms with Crippen LogP contribution < -0.4 is 35.8 Å². The van der Waals surface area contributed by atoms with Crippen LogP contribution in [0.25, 0.3) is 41.6 Å². The number of thiazole rings is 2. The second kappa shape index (κ2) is 15.8. The molecule has 0 aliphatic carbocycles. The molecule has 0 bridgehead atoms. The number of fused-ring (bicyclic) bond motifs is 2. The number of aromatic amines is 2. The van der Waals surface area contributed by atoms with Crippen molar-refractivity contribution in [2.75, 3.05) is 0 Å². The smallest absolute Gasteiger partial charge is 0.872 e. The number of hydrogen-bond acceptors (Lipinski definition) is 4. The Labute approximate surface area is 328 Å². The quantitative estimate of drug-likeness (QED) is 0.104. The van der Waals surface area contributed by atoms with Crippen LogP contribution in [0.3, 0.4) is 0 Å². The zero-order valence-corrected chi connectivity index (χ0v) is 32.5. The largest absolute Gasteiger partial charge is 2.00 e. The summed E-state index contributed by atoms with van der Waals surface area (Å²) in [6.07, 6.45) is 0. The minimum atomic E-state index is -2.67. The van der Waals surface area contributed by atoms with Gasteiger partial charge in [-0.2, -0.15) is 14.9 Å². The third-order valence-corrected chi connectivity index (χ3v) is 16.7. The van der Waals surface area contributed by atoms with Crippen LogP contribution in [0, 0.1) is 6.92 Å². The summed E-state index contributed by atoms with van der Waals surface area (Å²) in [5.74, 6) is 0.0358. The average molecular weight is 752 g/mol. The van der Waals surface area contributed by atoms with Crippen molar-refractivity contribution in [1.29, 1.82) is 0 Å². The third kappa shape index (κ3) is 7.10. The summed E-state index contributed by atoms with van der Waals surface area (Å²) in [5.41, 5.74) is 5.31. The second-order valence-electron chi connectivity index (χ2n) is 12.7. The first-order valence-corrected chi connectivity index (χ1v) is 21.1. The molecule has 7 aromatic carbocycles. The monoisotopic (exact) mass is 751 g/mol. The number of aryl methyl sites for hydroxylation is 1. The first-order valence-electron chi connectivity index (χ1n) is 17.1. The number of para-hydroxylation sites is 2. The summed E-state index contributed by atoms with van der Waals surface area (Å²) in [4.78, 5) is 7.82. The van der Waals surface area contributed by atoms with Gasteiger partial charge in [0.2, 0.25) is 11.0 Å². The number of aromatic nitrogens is 2. The van der Waals surface area contributed by atoms with E-state index in [9.17, 15) is 5.11 Å². The van der Waals surface area contributed by atoms with Gasteiger partial charge in [0, 0.05) is 23.3 Å². The van der Waals surface area contributed by atoms with Crippen LogP contribution in [-0.4, -0.2) is 18.2 Å². The molecule has 2 heterocycles. The number of H-pyrrole nitrogens is 2. The van der Waals surface area contributed by atoms with Crippen LogP contribution in [0.1, 0.15) is 5.56 Å². The van der Waals surface area contributed by atoms with E-state index in [0.29, 0.717) is 0 Å². The van der Waals surface area contributed by atoms with Crippen LogP contribution in [0.2, 0.25) is 0 Å². The first kappa shape index (κ1) is 36.1. The molecule has 0 spiro atoms. The van der Waals surface area contributed by atoms with Gasteiger partial charge in [-0.1, -0.05) is 174 Å². The van der Waals surface area contributed by atoms with Gasteiger partial charge in [0.05, 0.1) is 0 Å². The fraction of sp³-hybridized carbons (Fsp3) is 0.0222. The van der Waals surface area contributed by atoms with E-state index in [1.807, 2.05) is 24.3 Å². The molecular weight excluding hydrogens is 718 g/mol. The van der Waals surface area contributed by atoms with Crippen LogP contribution in [0.15, 0.2) is 181 Å². The van der Waals surface area contributed by atoms with Gasteiger partial charge < -0.3 is 17.7 Å². The molecule has 0 radical (unpaired) electrons. The van der Waals surface area contributed by atoms with Crippen molar-refractivity contribution in [2.45, 2.75) is 11.8 Å². The Kier molecular flexibility index (Phi) is 10.7. The van der Waals surface area contributed by atoms with Gasteiger partial charge in [-0.3, -0.25) is 0 Å². The molecule has 0 fully saturated rings. The maximum absolute atomic E-state index is 13.2. The number of rotatable bonds is 6. The molecule has 2 N–H and O–H groups in total. The van der Waals surface area contributed by atoms with Crippen molar-refractivity contribution >= 4 is 94.7 Å². The maximum Gasteiger partial charge on any atom is 2.00 e. The van der Waals surface area contributed by atoms with Gasteiger partial charge in [-0.25, -0.2) is 0 Å². The van der Waals surface area contributed by atoms with Crippen LogP contribution in [0.5, 0.6) is 5.75 Å². The topological polar surface area (TPSA) is 51.3 Å². The fourth-order valence-corrected chi connectivity index (χ4v) is 14.0. The molecule has 9 rings (SSSR count). The van der Waals surface area contributed by atoms with Crippen LogP contribution in [-0.2, 0) is 12.6 Å². The standard InChI is InChI=1S/C31H23NOSSi.C14H11NS2.Be/c33-29-21-20-26(22-27(29)31-32-28-18-10-11-19-30(28)34-31)35(23-12-4-1-5-13-23,24-14-6-2-7-15-24)25-16-8-3-9-17-25;1-9-6-7-12(16)10(8-9)14-15-11-4-2-3-5-13(11)17-14;/h1-22,33H;2-8,16H,1H3;/q;;+2. The number of nitrogens with one attached hydrogen (secondary N) is 2. The summed E-state index contributed by atoms with van der Waals surface area (Å²) in [5, 5.41) is 20.3. The molecular formula is C45H34BeN2OS3Si+2. The predicted octanol–water partition coefficient (Wildman–Crippen LogP) is 7.05. The Balaban J connectivity index is 0.000000203. The third-order valence-electron chi connectivity index (χ3n) is 9.35. The summed E-state index contributed by atoms with van der Waals surface area (Å²) in [6.45, 7) is 2.09. The zero-order valence-electron chi connectivity index (χ0n) is 29.1. The van der Waals surface area contributed by atoms with E-state index in [0.717, 1.165) is 36.3 Å². The molecule has 0 saturated carbocycles. The molecule has 0 aliphatic heterocycles. The minimum absolute atomic E-state index is 0. The number of hydrogen-bond donors (Lipinski definition) is 0. The van der Waals surface area contributed by atoms with Crippen molar-refractivity contribution < 1.29 is 15.1 Å². The molecule has 0 unspecified atom stereocenters. The predicted molar refractivity (Wildman–Crippen MR) is 227 cm³/mol. The Hall–Kier alpha value is -5.27. The van der Waals surface area contributed by atoms with Crippen molar-refractivity contribution in [2.24, 2.45) is 0 Å². The summed E-state index contributed by atoms with van der Waals surface area (Å²) in [6, 6.07) is 61.0. The summed E-state index contributed by atoms with van der Waals surface area (Å²) >= 11 is 8.77. The first-order chi connectivity index (χ1) is 25.5. The molecule has 9 aromatic rings. The minimum Gasteiger partial charge on any atom is -0.872 e. The Morgan fingerprint density at radius 1 is 0.491 bits per heavy atom. The van der Waals surface area contributed by atoms with E-state index in [4.69, 9.17) is 12.6 Å². The van der Waals surface area contributed by atoms with Crippen molar-refractivity contribution in [3.63, 3.8) is 0 Å². The molecule has 8 heteroatoms. The molecule has 0 saturated heterocycles. The van der Waals surface area contributed by atoms with Crippen molar-refractivity contribution in [1.82, 2.24) is 0 Å². The molecule has 0 atom stereocenters. The Morgan fingerprint density at radius 3 is 1.43 bits per heavy atom. The van der Waals surface area contributed by atoms with E-state index in [1.54, 1.807) is 28.7 Å².